The van der Waals surface area contributed by atoms with Crippen molar-refractivity contribution >= 4 is 22.7 Å². The molecular weight excluding hydrogens is 479 g/mol. The third-order valence-corrected chi connectivity index (χ3v) is 6.84. The second-order valence-corrected chi connectivity index (χ2v) is 9.44. The van der Waals surface area contributed by atoms with Crippen molar-refractivity contribution in [1.82, 2.24) is 19.6 Å². The highest BCUT2D eigenvalue weighted by Crippen LogP contribution is 2.26. The summed E-state index contributed by atoms with van der Waals surface area (Å²) in [5.74, 6) is 0.00795. The average molecular weight is 511 g/mol. The van der Waals surface area contributed by atoms with Gasteiger partial charge in [-0.15, -0.1) is 0 Å². The van der Waals surface area contributed by atoms with Crippen LogP contribution in [0.15, 0.2) is 54.7 Å². The van der Waals surface area contributed by atoms with Crippen LogP contribution in [0.3, 0.4) is 0 Å². The number of aryl methyl sites for hydroxylation is 1. The highest BCUT2D eigenvalue weighted by atomic mass is 19.1. The van der Waals surface area contributed by atoms with E-state index in [0.29, 0.717) is 51.7 Å². The number of aromatic nitrogens is 2. The minimum absolute atomic E-state index is 0.0344. The molecule has 2 saturated heterocycles. The summed E-state index contributed by atoms with van der Waals surface area (Å²) < 4.78 is 32.7. The molecule has 0 unspecified atom stereocenters. The van der Waals surface area contributed by atoms with Crippen molar-refractivity contribution in [2.24, 2.45) is 0 Å². The van der Waals surface area contributed by atoms with E-state index in [-0.39, 0.29) is 43.6 Å². The molecule has 0 aliphatic carbocycles. The summed E-state index contributed by atoms with van der Waals surface area (Å²) in [5.41, 5.74) is -0.0359. The first-order chi connectivity index (χ1) is 18.0. The van der Waals surface area contributed by atoms with E-state index in [1.165, 1.54) is 24.3 Å². The Morgan fingerprint density at radius 3 is 2.54 bits per heavy atom. The SMILES string of the molecule is O=C(C[C@@]1(COc2ccc(F)cc2)CN(C(=O)CCn2ncc3ccccc32)CCO1)N1CCOCC1. The van der Waals surface area contributed by atoms with Crippen LogP contribution in [0.25, 0.3) is 10.9 Å². The van der Waals surface area contributed by atoms with Crippen LogP contribution < -0.4 is 4.74 Å². The molecular formula is C27H31FN4O5. The Labute approximate surface area is 214 Å². The molecule has 37 heavy (non-hydrogen) atoms. The standard InChI is InChI=1S/C27H31FN4O5/c28-22-5-7-23(8-6-22)36-20-27(17-26(34)30-11-14-35-15-12-30)19-31(13-16-37-27)25(33)9-10-32-24-4-2-1-3-21(24)18-29-32/h1-8,18H,9-17,19-20H2/t27-/m0/s1. The third kappa shape index (κ3) is 6.08. The minimum Gasteiger partial charge on any atom is -0.490 e. The monoisotopic (exact) mass is 510 g/mol. The lowest BCUT2D eigenvalue weighted by molar-refractivity contribution is -0.167. The molecule has 2 aromatic carbocycles. The van der Waals surface area contributed by atoms with Gasteiger partial charge in [0, 0.05) is 31.4 Å². The summed E-state index contributed by atoms with van der Waals surface area (Å²) in [6, 6.07) is 13.6. The maximum atomic E-state index is 13.3. The van der Waals surface area contributed by atoms with Crippen molar-refractivity contribution in [3.8, 4) is 5.75 Å². The molecule has 0 radical (unpaired) electrons. The Balaban J connectivity index is 1.27. The molecule has 2 aliphatic heterocycles. The van der Waals surface area contributed by atoms with Crippen molar-refractivity contribution in [3.05, 3.63) is 60.5 Å². The Hall–Kier alpha value is -3.50. The maximum Gasteiger partial charge on any atom is 0.225 e. The first kappa shape index (κ1) is 25.2. The number of carbonyl (C=O) groups excluding carboxylic acids is 2. The predicted molar refractivity (Wildman–Crippen MR) is 134 cm³/mol. The van der Waals surface area contributed by atoms with Crippen molar-refractivity contribution < 1.29 is 28.2 Å². The van der Waals surface area contributed by atoms with Crippen LogP contribution in [-0.2, 0) is 25.6 Å². The Bertz CT molecular complexity index is 1230. The molecule has 196 valence electrons. The minimum atomic E-state index is -1.02. The predicted octanol–water partition coefficient (Wildman–Crippen LogP) is 2.49. The van der Waals surface area contributed by atoms with Gasteiger partial charge in [-0.05, 0) is 30.3 Å². The van der Waals surface area contributed by atoms with E-state index in [0.717, 1.165) is 10.9 Å². The van der Waals surface area contributed by atoms with Crippen LogP contribution in [0.1, 0.15) is 12.8 Å². The lowest BCUT2D eigenvalue weighted by atomic mass is 9.96. The highest BCUT2D eigenvalue weighted by molar-refractivity contribution is 5.80. The fraction of sp³-hybridized carbons (Fsp3) is 0.444. The highest BCUT2D eigenvalue weighted by Gasteiger charge is 2.42. The summed E-state index contributed by atoms with van der Waals surface area (Å²) >= 11 is 0. The van der Waals surface area contributed by atoms with Gasteiger partial charge in [-0.3, -0.25) is 14.3 Å². The van der Waals surface area contributed by atoms with Gasteiger partial charge >= 0.3 is 0 Å². The average Bonchev–Trinajstić information content (AvgIpc) is 3.35. The number of halogens is 1. The molecule has 0 saturated carbocycles. The zero-order chi connectivity index (χ0) is 25.7. The van der Waals surface area contributed by atoms with E-state index in [2.05, 4.69) is 5.10 Å². The number of rotatable bonds is 8. The number of morpholine rings is 2. The molecule has 9 nitrogen and oxygen atoms in total. The second-order valence-electron chi connectivity index (χ2n) is 9.44. The van der Waals surface area contributed by atoms with Crippen LogP contribution in [-0.4, -0.2) is 89.6 Å². The quantitative estimate of drug-likeness (QED) is 0.463. The van der Waals surface area contributed by atoms with Crippen LogP contribution >= 0.6 is 0 Å². The van der Waals surface area contributed by atoms with E-state index in [1.807, 2.05) is 28.9 Å². The lowest BCUT2D eigenvalue weighted by Crippen LogP contribution is -2.58. The van der Waals surface area contributed by atoms with Crippen molar-refractivity contribution in [1.29, 1.82) is 0 Å². The molecule has 2 amide bonds. The number of fused-ring (bicyclic) bond motifs is 1. The van der Waals surface area contributed by atoms with E-state index in [9.17, 15) is 14.0 Å². The largest absolute Gasteiger partial charge is 0.490 e. The molecule has 0 bridgehead atoms. The first-order valence-electron chi connectivity index (χ1n) is 12.6. The zero-order valence-electron chi connectivity index (χ0n) is 20.7. The van der Waals surface area contributed by atoms with Gasteiger partial charge < -0.3 is 24.0 Å². The zero-order valence-corrected chi connectivity index (χ0v) is 20.7. The van der Waals surface area contributed by atoms with Gasteiger partial charge in [-0.2, -0.15) is 5.10 Å². The molecule has 3 aromatic rings. The van der Waals surface area contributed by atoms with Crippen LogP contribution in [0.2, 0.25) is 0 Å². The topological polar surface area (TPSA) is 86.1 Å². The van der Waals surface area contributed by atoms with Crippen molar-refractivity contribution in [3.63, 3.8) is 0 Å². The summed E-state index contributed by atoms with van der Waals surface area (Å²) in [7, 11) is 0. The van der Waals surface area contributed by atoms with E-state index >= 15 is 0 Å². The lowest BCUT2D eigenvalue weighted by Gasteiger charge is -2.43. The van der Waals surface area contributed by atoms with Crippen LogP contribution in [0.4, 0.5) is 4.39 Å². The molecule has 2 fully saturated rings. The van der Waals surface area contributed by atoms with Crippen molar-refractivity contribution in [2.45, 2.75) is 25.0 Å². The van der Waals surface area contributed by atoms with Gasteiger partial charge in [-0.1, -0.05) is 18.2 Å². The number of ether oxygens (including phenoxy) is 3. The van der Waals surface area contributed by atoms with Gasteiger partial charge in [0.2, 0.25) is 11.8 Å². The molecule has 2 aliphatic rings. The summed E-state index contributed by atoms with van der Waals surface area (Å²) in [6.45, 7) is 3.50. The molecule has 5 rings (SSSR count). The Kier molecular flexibility index (Phi) is 7.66. The van der Waals surface area contributed by atoms with Gasteiger partial charge in [0.25, 0.3) is 0 Å². The number of benzene rings is 2. The third-order valence-electron chi connectivity index (χ3n) is 6.84. The number of carbonyl (C=O) groups is 2. The second kappa shape index (κ2) is 11.3. The Morgan fingerprint density at radius 2 is 1.73 bits per heavy atom. The number of para-hydroxylation sites is 1. The molecule has 10 heteroatoms. The maximum absolute atomic E-state index is 13.3. The first-order valence-corrected chi connectivity index (χ1v) is 12.6. The summed E-state index contributed by atoms with van der Waals surface area (Å²) in [4.78, 5) is 29.9. The van der Waals surface area contributed by atoms with Gasteiger partial charge in [0.1, 0.15) is 23.8 Å². The van der Waals surface area contributed by atoms with E-state index in [1.54, 1.807) is 16.0 Å². The van der Waals surface area contributed by atoms with Gasteiger partial charge in [0.15, 0.2) is 0 Å². The van der Waals surface area contributed by atoms with Crippen molar-refractivity contribution in [2.75, 3.05) is 52.6 Å². The van der Waals surface area contributed by atoms with E-state index in [4.69, 9.17) is 14.2 Å². The molecule has 1 atom stereocenters. The fourth-order valence-electron chi connectivity index (χ4n) is 4.81. The fourth-order valence-corrected chi connectivity index (χ4v) is 4.81. The number of hydrogen-bond donors (Lipinski definition) is 0. The number of hydrogen-bond acceptors (Lipinski definition) is 6. The summed E-state index contributed by atoms with van der Waals surface area (Å²) in [6.07, 6.45) is 2.14. The molecule has 3 heterocycles. The smallest absolute Gasteiger partial charge is 0.225 e. The van der Waals surface area contributed by atoms with Gasteiger partial charge in [-0.25, -0.2) is 4.39 Å². The van der Waals surface area contributed by atoms with Crippen LogP contribution in [0, 0.1) is 5.82 Å². The molecule has 0 spiro atoms. The molecule has 1 aromatic heterocycles. The van der Waals surface area contributed by atoms with Crippen LogP contribution in [0.5, 0.6) is 5.75 Å². The van der Waals surface area contributed by atoms with Gasteiger partial charge in [0.05, 0.1) is 51.0 Å². The Morgan fingerprint density at radius 1 is 0.973 bits per heavy atom. The number of nitrogens with zero attached hydrogens (tertiary/aromatic N) is 4. The summed E-state index contributed by atoms with van der Waals surface area (Å²) in [5, 5.41) is 5.44. The number of amides is 2. The normalized spacial score (nSPS) is 20.2. The van der Waals surface area contributed by atoms with E-state index < -0.39 is 5.60 Å². The molecule has 0 N–H and O–H groups in total.